The molecule has 3 aromatic heterocycles. The minimum Gasteiger partial charge on any atom is -0.384 e. The number of aromatic nitrogens is 4. The van der Waals surface area contributed by atoms with Crippen molar-refractivity contribution in [1.29, 1.82) is 5.26 Å². The summed E-state index contributed by atoms with van der Waals surface area (Å²) < 4.78 is 39.7. The molecular weight excluding hydrogens is 463 g/mol. The number of fused-ring (bicyclic) bond motifs is 1. The molecular formula is C23H24F3N7O2. The van der Waals surface area contributed by atoms with Crippen molar-refractivity contribution in [3.63, 3.8) is 0 Å². The molecule has 0 radical (unpaired) electrons. The molecule has 3 N–H and O–H groups in total. The number of anilines is 1. The summed E-state index contributed by atoms with van der Waals surface area (Å²) in [6, 6.07) is 2.91. The fourth-order valence-electron chi connectivity index (χ4n) is 4.30. The van der Waals surface area contributed by atoms with Gasteiger partial charge in [-0.3, -0.25) is 4.79 Å². The van der Waals surface area contributed by atoms with Crippen molar-refractivity contribution in [2.24, 2.45) is 5.92 Å². The Balaban J connectivity index is 1.57. The molecule has 0 bridgehead atoms. The molecule has 12 heteroatoms. The number of H-pyrrole nitrogens is 1. The highest BCUT2D eigenvalue weighted by molar-refractivity contribution is 5.94. The van der Waals surface area contributed by atoms with E-state index in [1.807, 2.05) is 13.0 Å². The van der Waals surface area contributed by atoms with E-state index < -0.39 is 17.8 Å². The number of nitrogens with one attached hydrogen (secondary N) is 2. The number of carbonyl (C=O) groups excluding carboxylic acids is 1. The van der Waals surface area contributed by atoms with Crippen LogP contribution in [0.25, 0.3) is 22.3 Å². The predicted octanol–water partition coefficient (Wildman–Crippen LogP) is 3.33. The second kappa shape index (κ2) is 9.50. The van der Waals surface area contributed by atoms with Crippen LogP contribution in [0.15, 0.2) is 24.7 Å². The molecule has 2 atom stereocenters. The average Bonchev–Trinajstić information content (AvgIpc) is 3.26. The fourth-order valence-corrected chi connectivity index (χ4v) is 4.30. The van der Waals surface area contributed by atoms with Crippen molar-refractivity contribution in [3.05, 3.63) is 35.8 Å². The number of aromatic amines is 1. The van der Waals surface area contributed by atoms with Crippen LogP contribution in [-0.2, 0) is 11.0 Å². The maximum absolute atomic E-state index is 13.2. The maximum Gasteiger partial charge on any atom is 0.417 e. The van der Waals surface area contributed by atoms with Gasteiger partial charge < -0.3 is 20.3 Å². The lowest BCUT2D eigenvalue weighted by Crippen LogP contribution is -2.45. The molecule has 3 aromatic rings. The second-order valence-electron chi connectivity index (χ2n) is 8.66. The summed E-state index contributed by atoms with van der Waals surface area (Å²) in [4.78, 5) is 29.0. The Labute approximate surface area is 199 Å². The number of nitrogens with zero attached hydrogens (tertiary/aromatic N) is 5. The number of hydrogen-bond acceptors (Lipinski definition) is 7. The lowest BCUT2D eigenvalue weighted by atomic mass is 9.90. The van der Waals surface area contributed by atoms with Gasteiger partial charge in [-0.15, -0.1) is 0 Å². The first-order valence-electron chi connectivity index (χ1n) is 11.1. The van der Waals surface area contributed by atoms with Crippen LogP contribution in [0.2, 0.25) is 0 Å². The Morgan fingerprint density at radius 3 is 2.63 bits per heavy atom. The number of aliphatic hydroxyl groups is 1. The smallest absolute Gasteiger partial charge is 0.384 e. The summed E-state index contributed by atoms with van der Waals surface area (Å²) in [5.74, 6) is 0.164. The van der Waals surface area contributed by atoms with Gasteiger partial charge in [0.25, 0.3) is 5.91 Å². The third-order valence-corrected chi connectivity index (χ3v) is 6.30. The minimum absolute atomic E-state index is 0.0685. The summed E-state index contributed by atoms with van der Waals surface area (Å²) in [5, 5.41) is 22.5. The molecule has 184 valence electrons. The molecule has 1 unspecified atom stereocenters. The van der Waals surface area contributed by atoms with Gasteiger partial charge in [0.2, 0.25) is 5.95 Å². The van der Waals surface area contributed by atoms with E-state index in [0.29, 0.717) is 18.7 Å². The highest BCUT2D eigenvalue weighted by Gasteiger charge is 2.32. The van der Waals surface area contributed by atoms with Gasteiger partial charge in [0, 0.05) is 42.5 Å². The van der Waals surface area contributed by atoms with Crippen LogP contribution in [0.5, 0.6) is 0 Å². The van der Waals surface area contributed by atoms with Gasteiger partial charge in [-0.25, -0.2) is 15.0 Å². The lowest BCUT2D eigenvalue weighted by molar-refractivity contribution is -0.140. The van der Waals surface area contributed by atoms with E-state index >= 15 is 0 Å². The SMILES string of the molecule is CC(O)C(=O)N1CCC([C@@H](C)Nc2ncc(C#N)c(-c3c[nH]c4ncc(C(F)(F)F)cc34)n2)CC1. The molecule has 0 aliphatic carbocycles. The number of likely N-dealkylation sites (tertiary alicyclic amines) is 1. The van der Waals surface area contributed by atoms with E-state index in [9.17, 15) is 28.3 Å². The largest absolute Gasteiger partial charge is 0.417 e. The average molecular weight is 487 g/mol. The summed E-state index contributed by atoms with van der Waals surface area (Å²) >= 11 is 0. The van der Waals surface area contributed by atoms with Gasteiger partial charge in [-0.1, -0.05) is 0 Å². The van der Waals surface area contributed by atoms with E-state index in [2.05, 4.69) is 25.3 Å². The number of alkyl halides is 3. The molecule has 1 saturated heterocycles. The number of rotatable bonds is 5. The van der Waals surface area contributed by atoms with Crippen LogP contribution in [0.4, 0.5) is 19.1 Å². The summed E-state index contributed by atoms with van der Waals surface area (Å²) in [6.45, 7) is 4.48. The zero-order chi connectivity index (χ0) is 25.3. The van der Waals surface area contributed by atoms with Crippen molar-refractivity contribution in [2.75, 3.05) is 18.4 Å². The van der Waals surface area contributed by atoms with Gasteiger partial charge in [0.1, 0.15) is 17.8 Å². The standard InChI is InChI=1S/C23H24F3N7O2/c1-12(14-3-5-33(6-4-14)21(35)13(2)34)31-22-30-9-15(8-27)19(32-22)18-11-29-20-17(18)7-16(10-28-20)23(24,25)26/h7,9-14,34H,3-6H2,1-2H3,(H,28,29)(H,30,31,32)/t12-,13?/m1/s1. The van der Waals surface area contributed by atoms with Crippen molar-refractivity contribution >= 4 is 22.9 Å². The van der Waals surface area contributed by atoms with Gasteiger partial charge in [0.05, 0.1) is 23.0 Å². The van der Waals surface area contributed by atoms with Crippen molar-refractivity contribution in [3.8, 4) is 17.3 Å². The zero-order valence-corrected chi connectivity index (χ0v) is 19.1. The number of aliphatic hydroxyl groups excluding tert-OH is 1. The van der Waals surface area contributed by atoms with Gasteiger partial charge in [-0.2, -0.15) is 18.4 Å². The normalized spacial score (nSPS) is 16.7. The topological polar surface area (TPSA) is 131 Å². The molecule has 4 rings (SSSR count). The Hall–Kier alpha value is -3.72. The van der Waals surface area contributed by atoms with Gasteiger partial charge in [0.15, 0.2) is 0 Å². The molecule has 0 saturated carbocycles. The molecule has 1 aliphatic heterocycles. The van der Waals surface area contributed by atoms with Crippen LogP contribution in [0.1, 0.15) is 37.8 Å². The van der Waals surface area contributed by atoms with Crippen LogP contribution >= 0.6 is 0 Å². The summed E-state index contributed by atoms with van der Waals surface area (Å²) in [7, 11) is 0. The predicted molar refractivity (Wildman–Crippen MR) is 121 cm³/mol. The number of pyridine rings is 1. The second-order valence-corrected chi connectivity index (χ2v) is 8.66. The molecule has 1 aliphatic rings. The first-order chi connectivity index (χ1) is 16.6. The van der Waals surface area contributed by atoms with Crippen molar-refractivity contribution in [1.82, 2.24) is 24.8 Å². The highest BCUT2D eigenvalue weighted by Crippen LogP contribution is 2.35. The van der Waals surface area contributed by atoms with E-state index in [-0.39, 0.29) is 46.1 Å². The Kier molecular flexibility index (Phi) is 6.62. The molecule has 1 amide bonds. The molecule has 9 nitrogen and oxygen atoms in total. The molecule has 4 heterocycles. The Bertz CT molecular complexity index is 1270. The highest BCUT2D eigenvalue weighted by atomic mass is 19.4. The van der Waals surface area contributed by atoms with E-state index in [4.69, 9.17) is 0 Å². The van der Waals surface area contributed by atoms with Crippen LogP contribution in [0.3, 0.4) is 0 Å². The lowest BCUT2D eigenvalue weighted by Gasteiger charge is -2.35. The fraction of sp³-hybridized carbons (Fsp3) is 0.435. The van der Waals surface area contributed by atoms with E-state index in [1.165, 1.54) is 19.3 Å². The number of nitriles is 1. The van der Waals surface area contributed by atoms with Gasteiger partial charge >= 0.3 is 6.18 Å². The first kappa shape index (κ1) is 24.4. The van der Waals surface area contributed by atoms with Crippen LogP contribution < -0.4 is 5.32 Å². The summed E-state index contributed by atoms with van der Waals surface area (Å²) in [5.41, 5.74) is -0.0192. The van der Waals surface area contributed by atoms with Gasteiger partial charge in [-0.05, 0) is 38.7 Å². The number of amides is 1. The molecule has 1 fully saturated rings. The monoisotopic (exact) mass is 487 g/mol. The quantitative estimate of drug-likeness (QED) is 0.503. The summed E-state index contributed by atoms with van der Waals surface area (Å²) in [6.07, 6.45) is -0.572. The Morgan fingerprint density at radius 1 is 1.29 bits per heavy atom. The zero-order valence-electron chi connectivity index (χ0n) is 19.1. The van der Waals surface area contributed by atoms with Crippen LogP contribution in [0, 0.1) is 17.2 Å². The van der Waals surface area contributed by atoms with Crippen molar-refractivity contribution < 1.29 is 23.1 Å². The third kappa shape index (κ3) is 5.05. The molecule has 35 heavy (non-hydrogen) atoms. The maximum atomic E-state index is 13.2. The third-order valence-electron chi connectivity index (χ3n) is 6.30. The number of carbonyl (C=O) groups is 1. The first-order valence-corrected chi connectivity index (χ1v) is 11.1. The van der Waals surface area contributed by atoms with Crippen LogP contribution in [-0.4, -0.2) is 61.1 Å². The van der Waals surface area contributed by atoms with E-state index in [0.717, 1.165) is 25.1 Å². The minimum atomic E-state index is -4.56. The number of piperidine rings is 1. The van der Waals surface area contributed by atoms with Crippen molar-refractivity contribution in [2.45, 2.75) is 45.0 Å². The molecule has 0 aromatic carbocycles. The number of halogens is 3. The van der Waals surface area contributed by atoms with E-state index in [1.54, 1.807) is 4.90 Å². The molecule has 0 spiro atoms. The number of hydrogen-bond donors (Lipinski definition) is 3. The Morgan fingerprint density at radius 2 is 2.00 bits per heavy atom.